The Hall–Kier alpha value is -1.65. The molecule has 0 radical (unpaired) electrons. The second kappa shape index (κ2) is 6.41. The second-order valence-electron chi connectivity index (χ2n) is 5.26. The van der Waals surface area contributed by atoms with Gasteiger partial charge in [-0.2, -0.15) is 0 Å². The molecule has 1 aromatic heterocycles. The van der Waals surface area contributed by atoms with Gasteiger partial charge in [-0.1, -0.05) is 13.3 Å². The van der Waals surface area contributed by atoms with E-state index in [1.54, 1.807) is 7.11 Å². The number of methoxy groups -OCH3 is 1. The van der Waals surface area contributed by atoms with E-state index in [2.05, 4.69) is 13.0 Å². The summed E-state index contributed by atoms with van der Waals surface area (Å²) in [7, 11) is 1.67. The van der Waals surface area contributed by atoms with Crippen molar-refractivity contribution in [3.05, 3.63) is 35.5 Å². The predicted molar refractivity (Wildman–Crippen MR) is 81.6 cm³/mol. The van der Waals surface area contributed by atoms with Crippen LogP contribution in [0.3, 0.4) is 0 Å². The molecule has 0 atom stereocenters. The lowest BCUT2D eigenvalue weighted by Gasteiger charge is -2.15. The van der Waals surface area contributed by atoms with E-state index >= 15 is 0 Å². The van der Waals surface area contributed by atoms with E-state index < -0.39 is 0 Å². The van der Waals surface area contributed by atoms with Gasteiger partial charge in [0.05, 0.1) is 25.8 Å². The van der Waals surface area contributed by atoms with E-state index in [4.69, 9.17) is 19.2 Å². The number of fused-ring (bicyclic) bond motifs is 1. The third-order valence-corrected chi connectivity index (χ3v) is 3.78. The first-order valence-electron chi connectivity index (χ1n) is 7.52. The Morgan fingerprint density at radius 1 is 1.24 bits per heavy atom. The van der Waals surface area contributed by atoms with Gasteiger partial charge in [0.2, 0.25) is 0 Å². The van der Waals surface area contributed by atoms with E-state index in [-0.39, 0.29) is 6.29 Å². The number of aromatic nitrogens is 1. The maximum atomic E-state index is 5.67. The first-order valence-corrected chi connectivity index (χ1v) is 7.52. The molecule has 1 aliphatic heterocycles. The van der Waals surface area contributed by atoms with Gasteiger partial charge in [0, 0.05) is 16.6 Å². The van der Waals surface area contributed by atoms with Crippen molar-refractivity contribution in [2.24, 2.45) is 0 Å². The van der Waals surface area contributed by atoms with Gasteiger partial charge in [-0.25, -0.2) is 0 Å². The van der Waals surface area contributed by atoms with E-state index in [9.17, 15) is 0 Å². The standard InChI is InChI=1S/C17H21NO3/c1-3-4-5-16-14(17-20-8-9-21-17)11-12-10-13(19-2)6-7-15(12)18-16/h6-7,10-11,17H,3-5,8-9H2,1-2H3. The van der Waals surface area contributed by atoms with Crippen LogP contribution in [0.4, 0.5) is 0 Å². The van der Waals surface area contributed by atoms with Crippen LogP contribution in [0.25, 0.3) is 10.9 Å². The summed E-state index contributed by atoms with van der Waals surface area (Å²) in [5.41, 5.74) is 3.13. The summed E-state index contributed by atoms with van der Waals surface area (Å²) in [6, 6.07) is 8.08. The van der Waals surface area contributed by atoms with Crippen molar-refractivity contribution < 1.29 is 14.2 Å². The third kappa shape index (κ3) is 3.01. The van der Waals surface area contributed by atoms with Crippen LogP contribution in [-0.2, 0) is 15.9 Å². The average molecular weight is 287 g/mol. The van der Waals surface area contributed by atoms with Crippen LogP contribution in [0.2, 0.25) is 0 Å². The molecule has 1 aliphatic rings. The van der Waals surface area contributed by atoms with Gasteiger partial charge in [0.15, 0.2) is 6.29 Å². The summed E-state index contributed by atoms with van der Waals surface area (Å²) in [6.45, 7) is 3.48. The van der Waals surface area contributed by atoms with Gasteiger partial charge in [-0.15, -0.1) is 0 Å². The molecule has 2 heterocycles. The first-order chi connectivity index (χ1) is 10.3. The molecule has 0 spiro atoms. The van der Waals surface area contributed by atoms with Gasteiger partial charge in [0.25, 0.3) is 0 Å². The van der Waals surface area contributed by atoms with E-state index in [0.29, 0.717) is 13.2 Å². The van der Waals surface area contributed by atoms with Crippen LogP contribution < -0.4 is 4.74 Å². The number of aryl methyl sites for hydroxylation is 1. The van der Waals surface area contributed by atoms with Crippen molar-refractivity contribution in [3.8, 4) is 5.75 Å². The Kier molecular flexibility index (Phi) is 4.36. The Bertz CT molecular complexity index is 621. The molecule has 4 nitrogen and oxygen atoms in total. The molecule has 3 rings (SSSR count). The van der Waals surface area contributed by atoms with Crippen LogP contribution >= 0.6 is 0 Å². The topological polar surface area (TPSA) is 40.6 Å². The molecular weight excluding hydrogens is 266 g/mol. The first kappa shape index (κ1) is 14.3. The monoisotopic (exact) mass is 287 g/mol. The number of rotatable bonds is 5. The van der Waals surface area contributed by atoms with Gasteiger partial charge >= 0.3 is 0 Å². The minimum Gasteiger partial charge on any atom is -0.497 e. The van der Waals surface area contributed by atoms with Crippen LogP contribution in [0.1, 0.15) is 37.3 Å². The number of benzene rings is 1. The SMILES string of the molecule is CCCCc1nc2ccc(OC)cc2cc1C1OCCO1. The largest absolute Gasteiger partial charge is 0.497 e. The van der Waals surface area contributed by atoms with Gasteiger partial charge in [-0.05, 0) is 37.1 Å². The number of ether oxygens (including phenoxy) is 3. The minimum atomic E-state index is -0.278. The Morgan fingerprint density at radius 2 is 2.05 bits per heavy atom. The van der Waals surface area contributed by atoms with Crippen molar-refractivity contribution >= 4 is 10.9 Å². The molecular formula is C17H21NO3. The molecule has 4 heteroatoms. The fraction of sp³-hybridized carbons (Fsp3) is 0.471. The van der Waals surface area contributed by atoms with Crippen molar-refractivity contribution in [2.75, 3.05) is 20.3 Å². The molecule has 0 N–H and O–H groups in total. The molecule has 0 unspecified atom stereocenters. The van der Waals surface area contributed by atoms with Crippen molar-refractivity contribution in [1.82, 2.24) is 4.98 Å². The van der Waals surface area contributed by atoms with Crippen molar-refractivity contribution in [1.29, 1.82) is 0 Å². The van der Waals surface area contributed by atoms with Crippen LogP contribution in [0.5, 0.6) is 5.75 Å². The molecule has 0 amide bonds. The minimum absolute atomic E-state index is 0.278. The zero-order chi connectivity index (χ0) is 14.7. The summed E-state index contributed by atoms with van der Waals surface area (Å²) in [6.07, 6.45) is 2.94. The highest BCUT2D eigenvalue weighted by atomic mass is 16.7. The summed E-state index contributed by atoms with van der Waals surface area (Å²) >= 11 is 0. The molecule has 1 fully saturated rings. The van der Waals surface area contributed by atoms with Gasteiger partial charge in [-0.3, -0.25) is 4.98 Å². The normalized spacial score (nSPS) is 15.7. The fourth-order valence-corrected chi connectivity index (χ4v) is 2.62. The molecule has 0 bridgehead atoms. The highest BCUT2D eigenvalue weighted by Gasteiger charge is 2.22. The highest BCUT2D eigenvalue weighted by molar-refractivity contribution is 5.81. The smallest absolute Gasteiger partial charge is 0.185 e. The molecule has 1 aromatic carbocycles. The van der Waals surface area contributed by atoms with Crippen molar-refractivity contribution in [2.45, 2.75) is 32.5 Å². The lowest BCUT2D eigenvalue weighted by molar-refractivity contribution is -0.0448. The number of hydrogen-bond donors (Lipinski definition) is 0. The predicted octanol–water partition coefficient (Wildman–Crippen LogP) is 3.63. The van der Waals surface area contributed by atoms with Gasteiger partial charge in [0.1, 0.15) is 5.75 Å². The third-order valence-electron chi connectivity index (χ3n) is 3.78. The summed E-state index contributed by atoms with van der Waals surface area (Å²) < 4.78 is 16.6. The van der Waals surface area contributed by atoms with Crippen molar-refractivity contribution in [3.63, 3.8) is 0 Å². The second-order valence-corrected chi connectivity index (χ2v) is 5.26. The van der Waals surface area contributed by atoms with E-state index in [1.165, 1.54) is 0 Å². The lowest BCUT2D eigenvalue weighted by Crippen LogP contribution is -2.06. The summed E-state index contributed by atoms with van der Waals surface area (Å²) in [5.74, 6) is 0.838. The Balaban J connectivity index is 2.05. The number of pyridine rings is 1. The molecule has 112 valence electrons. The zero-order valence-corrected chi connectivity index (χ0v) is 12.6. The molecule has 0 aliphatic carbocycles. The summed E-state index contributed by atoms with van der Waals surface area (Å²) in [4.78, 5) is 4.82. The van der Waals surface area contributed by atoms with Crippen LogP contribution in [-0.4, -0.2) is 25.3 Å². The Labute approximate surface area is 125 Å². The summed E-state index contributed by atoms with van der Waals surface area (Å²) in [5, 5.41) is 1.06. The number of hydrogen-bond acceptors (Lipinski definition) is 4. The fourth-order valence-electron chi connectivity index (χ4n) is 2.62. The van der Waals surface area contributed by atoms with Crippen LogP contribution in [0, 0.1) is 0 Å². The lowest BCUT2D eigenvalue weighted by atomic mass is 10.0. The molecule has 21 heavy (non-hydrogen) atoms. The quantitative estimate of drug-likeness (QED) is 0.842. The molecule has 1 saturated heterocycles. The van der Waals surface area contributed by atoms with E-state index in [0.717, 1.165) is 47.2 Å². The van der Waals surface area contributed by atoms with Crippen LogP contribution in [0.15, 0.2) is 24.3 Å². The number of nitrogens with zero attached hydrogens (tertiary/aromatic N) is 1. The average Bonchev–Trinajstić information content (AvgIpc) is 3.05. The highest BCUT2D eigenvalue weighted by Crippen LogP contribution is 2.30. The molecule has 0 saturated carbocycles. The maximum absolute atomic E-state index is 5.67. The van der Waals surface area contributed by atoms with E-state index in [1.807, 2.05) is 18.2 Å². The number of unbranched alkanes of at least 4 members (excludes halogenated alkanes) is 1. The maximum Gasteiger partial charge on any atom is 0.185 e. The Morgan fingerprint density at radius 3 is 2.76 bits per heavy atom. The molecule has 2 aromatic rings. The van der Waals surface area contributed by atoms with Gasteiger partial charge < -0.3 is 14.2 Å². The zero-order valence-electron chi connectivity index (χ0n) is 12.6.